The van der Waals surface area contributed by atoms with Crippen molar-refractivity contribution in [2.45, 2.75) is 45.3 Å². The van der Waals surface area contributed by atoms with E-state index in [1.54, 1.807) is 20.8 Å². The van der Waals surface area contributed by atoms with Crippen LogP contribution in [0.25, 0.3) is 0 Å². The highest BCUT2D eigenvalue weighted by atomic mass is 19.3. The quantitative estimate of drug-likeness (QED) is 0.837. The van der Waals surface area contributed by atoms with Gasteiger partial charge in [-0.2, -0.15) is 5.06 Å². The Labute approximate surface area is 121 Å². The molecule has 0 saturated carbocycles. The van der Waals surface area contributed by atoms with Crippen molar-refractivity contribution in [1.29, 1.82) is 0 Å². The number of amides is 1. The molecule has 0 spiro atoms. The van der Waals surface area contributed by atoms with Crippen LogP contribution < -0.4 is 0 Å². The number of ether oxygens (including phenoxy) is 1. The van der Waals surface area contributed by atoms with E-state index in [9.17, 15) is 13.6 Å². The lowest BCUT2D eigenvalue weighted by Crippen LogP contribution is -2.35. The minimum absolute atomic E-state index is 0.290. The van der Waals surface area contributed by atoms with Crippen molar-refractivity contribution in [2.24, 2.45) is 0 Å². The number of hydrogen-bond donors (Lipinski definition) is 0. The van der Waals surface area contributed by atoms with Crippen LogP contribution in [0, 0.1) is 0 Å². The van der Waals surface area contributed by atoms with Crippen molar-refractivity contribution in [3.8, 4) is 0 Å². The van der Waals surface area contributed by atoms with Crippen molar-refractivity contribution >= 4 is 6.09 Å². The molecule has 7 heteroatoms. The normalized spacial score (nSPS) is 19.1. The molecule has 1 fully saturated rings. The van der Waals surface area contributed by atoms with Crippen LogP contribution >= 0.6 is 0 Å². The van der Waals surface area contributed by atoms with Gasteiger partial charge in [0.25, 0.3) is 6.43 Å². The number of nitrogens with zero attached hydrogens (tertiary/aromatic N) is 2. The van der Waals surface area contributed by atoms with Gasteiger partial charge in [0.1, 0.15) is 11.3 Å². The lowest BCUT2D eigenvalue weighted by molar-refractivity contribution is -0.125. The van der Waals surface area contributed by atoms with Gasteiger partial charge in [0.05, 0.1) is 12.6 Å². The molecule has 5 nitrogen and oxygen atoms in total. The standard InChI is InChI=1S/C14H18F2N2O3/c1-14(2,3)21-13(19)18-11(6-7-20-18)9-4-5-10(12(15)16)17-8-9/h4-5,8,11-12H,6-7H2,1-3H3/t11-/m0/s1. The molecule has 2 rings (SSSR count). The molecule has 1 aromatic rings. The summed E-state index contributed by atoms with van der Waals surface area (Å²) in [7, 11) is 0. The van der Waals surface area contributed by atoms with E-state index in [1.165, 1.54) is 18.3 Å². The van der Waals surface area contributed by atoms with Gasteiger partial charge in [-0.25, -0.2) is 13.6 Å². The zero-order chi connectivity index (χ0) is 15.6. The largest absolute Gasteiger partial charge is 0.442 e. The Bertz CT molecular complexity index is 500. The first-order valence-electron chi connectivity index (χ1n) is 6.67. The van der Waals surface area contributed by atoms with Crippen molar-refractivity contribution < 1.29 is 23.1 Å². The molecule has 1 atom stereocenters. The molecule has 1 saturated heterocycles. The first-order valence-corrected chi connectivity index (χ1v) is 6.67. The van der Waals surface area contributed by atoms with Crippen LogP contribution in [0.5, 0.6) is 0 Å². The Kier molecular flexibility index (Phi) is 4.41. The number of pyridine rings is 1. The van der Waals surface area contributed by atoms with E-state index in [0.717, 1.165) is 5.06 Å². The SMILES string of the molecule is CC(C)(C)OC(=O)N1OCC[C@H]1c1ccc(C(F)F)nc1. The van der Waals surface area contributed by atoms with Crippen molar-refractivity contribution in [3.63, 3.8) is 0 Å². The van der Waals surface area contributed by atoms with E-state index in [2.05, 4.69) is 4.98 Å². The average Bonchev–Trinajstić information content (AvgIpc) is 2.86. The van der Waals surface area contributed by atoms with Crippen LogP contribution in [0.3, 0.4) is 0 Å². The summed E-state index contributed by atoms with van der Waals surface area (Å²) in [6.07, 6.45) is -1.29. The molecule has 1 amide bonds. The van der Waals surface area contributed by atoms with Gasteiger partial charge in [0.15, 0.2) is 0 Å². The summed E-state index contributed by atoms with van der Waals surface area (Å²) >= 11 is 0. The molecule has 0 aromatic carbocycles. The number of halogens is 2. The molecular formula is C14H18F2N2O3. The third kappa shape index (κ3) is 3.87. The fourth-order valence-electron chi connectivity index (χ4n) is 2.00. The fraction of sp³-hybridized carbons (Fsp3) is 0.571. The number of alkyl halides is 2. The Morgan fingerprint density at radius 2 is 2.19 bits per heavy atom. The minimum atomic E-state index is -2.61. The smallest absolute Gasteiger partial charge is 0.435 e. The lowest BCUT2D eigenvalue weighted by Gasteiger charge is -2.27. The highest BCUT2D eigenvalue weighted by Gasteiger charge is 2.35. The topological polar surface area (TPSA) is 51.7 Å². The van der Waals surface area contributed by atoms with Gasteiger partial charge in [-0.15, -0.1) is 0 Å². The minimum Gasteiger partial charge on any atom is -0.442 e. The van der Waals surface area contributed by atoms with Gasteiger partial charge in [-0.1, -0.05) is 6.07 Å². The van der Waals surface area contributed by atoms with E-state index in [0.29, 0.717) is 18.6 Å². The summed E-state index contributed by atoms with van der Waals surface area (Å²) in [5.41, 5.74) is -0.282. The molecule has 1 aliphatic rings. The highest BCUT2D eigenvalue weighted by Crippen LogP contribution is 2.32. The van der Waals surface area contributed by atoms with E-state index in [-0.39, 0.29) is 11.7 Å². The van der Waals surface area contributed by atoms with E-state index in [1.807, 2.05) is 0 Å². The zero-order valence-electron chi connectivity index (χ0n) is 12.2. The van der Waals surface area contributed by atoms with Gasteiger partial charge >= 0.3 is 6.09 Å². The monoisotopic (exact) mass is 300 g/mol. The Morgan fingerprint density at radius 3 is 2.71 bits per heavy atom. The molecule has 0 radical (unpaired) electrons. The zero-order valence-corrected chi connectivity index (χ0v) is 12.2. The third-order valence-corrected chi connectivity index (χ3v) is 2.90. The van der Waals surface area contributed by atoms with Crippen molar-refractivity contribution in [2.75, 3.05) is 6.61 Å². The summed E-state index contributed by atoms with van der Waals surface area (Å²) in [6, 6.07) is 2.41. The van der Waals surface area contributed by atoms with Crippen LogP contribution in [0.1, 0.15) is 50.9 Å². The fourth-order valence-corrected chi connectivity index (χ4v) is 2.00. The maximum atomic E-state index is 12.5. The number of hydrogen-bond acceptors (Lipinski definition) is 4. The first-order chi connectivity index (χ1) is 9.78. The van der Waals surface area contributed by atoms with Gasteiger partial charge in [-0.3, -0.25) is 9.82 Å². The maximum Gasteiger partial charge on any atom is 0.435 e. The number of carbonyl (C=O) groups excluding carboxylic acids is 1. The summed E-state index contributed by atoms with van der Waals surface area (Å²) in [6.45, 7) is 5.64. The van der Waals surface area contributed by atoms with Crippen LogP contribution in [0.2, 0.25) is 0 Å². The molecule has 1 aromatic heterocycles. The second kappa shape index (κ2) is 5.93. The second-order valence-electron chi connectivity index (χ2n) is 5.76. The predicted molar refractivity (Wildman–Crippen MR) is 70.6 cm³/mol. The Balaban J connectivity index is 2.13. The Morgan fingerprint density at radius 1 is 1.48 bits per heavy atom. The second-order valence-corrected chi connectivity index (χ2v) is 5.76. The number of hydroxylamine groups is 2. The van der Waals surface area contributed by atoms with Gasteiger partial charge in [-0.05, 0) is 32.4 Å². The van der Waals surface area contributed by atoms with Gasteiger partial charge in [0.2, 0.25) is 0 Å². The predicted octanol–water partition coefficient (Wildman–Crippen LogP) is 3.63. The average molecular weight is 300 g/mol. The highest BCUT2D eigenvalue weighted by molar-refractivity contribution is 5.67. The van der Waals surface area contributed by atoms with Crippen molar-refractivity contribution in [3.05, 3.63) is 29.6 Å². The van der Waals surface area contributed by atoms with E-state index >= 15 is 0 Å². The molecule has 116 valence electrons. The summed E-state index contributed by atoms with van der Waals surface area (Å²) in [5, 5.41) is 1.14. The molecule has 21 heavy (non-hydrogen) atoms. The molecule has 2 heterocycles. The summed E-state index contributed by atoms with van der Waals surface area (Å²) in [4.78, 5) is 21.1. The summed E-state index contributed by atoms with van der Waals surface area (Å²) in [5.74, 6) is 0. The van der Waals surface area contributed by atoms with Crippen LogP contribution in [-0.2, 0) is 9.57 Å². The Hall–Kier alpha value is -1.76. The summed E-state index contributed by atoms with van der Waals surface area (Å²) < 4.78 is 30.2. The van der Waals surface area contributed by atoms with Crippen molar-refractivity contribution in [1.82, 2.24) is 10.0 Å². The third-order valence-electron chi connectivity index (χ3n) is 2.90. The molecule has 0 N–H and O–H groups in total. The first kappa shape index (κ1) is 15.6. The number of rotatable bonds is 2. The van der Waals surface area contributed by atoms with Crippen LogP contribution in [-0.4, -0.2) is 28.3 Å². The van der Waals surface area contributed by atoms with Gasteiger partial charge in [0, 0.05) is 12.6 Å². The molecule has 0 unspecified atom stereocenters. The number of aromatic nitrogens is 1. The van der Waals surface area contributed by atoms with E-state index in [4.69, 9.17) is 9.57 Å². The van der Waals surface area contributed by atoms with Crippen LogP contribution in [0.4, 0.5) is 13.6 Å². The van der Waals surface area contributed by atoms with Crippen LogP contribution in [0.15, 0.2) is 18.3 Å². The number of carbonyl (C=O) groups is 1. The van der Waals surface area contributed by atoms with E-state index < -0.39 is 18.1 Å². The lowest BCUT2D eigenvalue weighted by atomic mass is 10.1. The maximum absolute atomic E-state index is 12.5. The molecule has 0 bridgehead atoms. The molecule has 1 aliphatic heterocycles. The molecule has 0 aliphatic carbocycles. The van der Waals surface area contributed by atoms with Gasteiger partial charge < -0.3 is 4.74 Å². The molecular weight excluding hydrogens is 282 g/mol.